The molecule has 1 aromatic heterocycles. The first-order valence-electron chi connectivity index (χ1n) is 7.82. The van der Waals surface area contributed by atoms with Crippen molar-refractivity contribution in [3.63, 3.8) is 0 Å². The van der Waals surface area contributed by atoms with Gasteiger partial charge >= 0.3 is 6.03 Å². The smallest absolute Gasteiger partial charge is 0.335 e. The third-order valence-electron chi connectivity index (χ3n) is 3.86. The third kappa shape index (κ3) is 3.67. The number of ether oxygens (including phenoxy) is 1. The Morgan fingerprint density at radius 2 is 2.04 bits per heavy atom. The zero-order valence-corrected chi connectivity index (χ0v) is 15.6. The van der Waals surface area contributed by atoms with E-state index in [1.807, 2.05) is 4.72 Å². The molecule has 2 aromatic rings. The number of hydrogen-bond donors (Lipinski definition) is 2. The predicted molar refractivity (Wildman–Crippen MR) is 94.9 cm³/mol. The van der Waals surface area contributed by atoms with Gasteiger partial charge in [-0.25, -0.2) is 22.9 Å². The molecule has 0 radical (unpaired) electrons. The van der Waals surface area contributed by atoms with Crippen LogP contribution in [0.15, 0.2) is 29.2 Å². The van der Waals surface area contributed by atoms with E-state index in [0.717, 1.165) is 0 Å². The number of urea groups is 1. The summed E-state index contributed by atoms with van der Waals surface area (Å²) in [5.74, 6) is -0.318. The summed E-state index contributed by atoms with van der Waals surface area (Å²) in [4.78, 5) is 33.4. The molecule has 142 valence electrons. The highest BCUT2D eigenvalue weighted by Gasteiger charge is 2.32. The van der Waals surface area contributed by atoms with Crippen LogP contribution < -0.4 is 14.8 Å². The van der Waals surface area contributed by atoms with Gasteiger partial charge in [0.25, 0.3) is 15.9 Å². The van der Waals surface area contributed by atoms with Crippen molar-refractivity contribution < 1.29 is 22.7 Å². The van der Waals surface area contributed by atoms with Crippen molar-refractivity contribution in [2.75, 3.05) is 19.5 Å². The number of methoxy groups -OCH3 is 1. The molecule has 0 aliphatic carbocycles. The second-order valence-electron chi connectivity index (χ2n) is 5.89. The summed E-state index contributed by atoms with van der Waals surface area (Å²) in [6.07, 6.45) is 0. The molecule has 2 N–H and O–H groups in total. The number of benzene rings is 1. The van der Waals surface area contributed by atoms with Crippen LogP contribution in [0.1, 0.15) is 21.6 Å². The zero-order valence-electron chi connectivity index (χ0n) is 14.8. The van der Waals surface area contributed by atoms with Gasteiger partial charge in [-0.05, 0) is 18.6 Å². The molecule has 0 spiro atoms. The molecule has 0 fully saturated rings. The van der Waals surface area contributed by atoms with Crippen LogP contribution in [-0.2, 0) is 16.6 Å². The molecule has 3 amide bonds. The van der Waals surface area contributed by atoms with Crippen molar-refractivity contribution in [3.8, 4) is 5.88 Å². The maximum Gasteiger partial charge on any atom is 0.335 e. The van der Waals surface area contributed by atoms with E-state index in [9.17, 15) is 18.0 Å². The molecular weight excluding hydrogens is 374 g/mol. The predicted octanol–water partition coefficient (Wildman–Crippen LogP) is 0.890. The summed E-state index contributed by atoms with van der Waals surface area (Å²) in [6.45, 7) is 1.97. The maximum absolute atomic E-state index is 12.6. The topological polar surface area (TPSA) is 131 Å². The lowest BCUT2D eigenvalue weighted by Crippen LogP contribution is -2.35. The van der Waals surface area contributed by atoms with Crippen LogP contribution >= 0.6 is 0 Å². The average molecular weight is 391 g/mol. The highest BCUT2D eigenvalue weighted by molar-refractivity contribution is 7.90. The Balaban J connectivity index is 1.84. The number of sulfonamides is 1. The van der Waals surface area contributed by atoms with E-state index in [0.29, 0.717) is 17.8 Å². The molecule has 1 aliphatic rings. The van der Waals surface area contributed by atoms with Crippen LogP contribution in [0.5, 0.6) is 5.88 Å². The lowest BCUT2D eigenvalue weighted by atomic mass is 10.1. The highest BCUT2D eigenvalue weighted by Crippen LogP contribution is 2.27. The monoisotopic (exact) mass is 391 g/mol. The fourth-order valence-corrected chi connectivity index (χ4v) is 3.85. The van der Waals surface area contributed by atoms with Crippen molar-refractivity contribution >= 4 is 27.9 Å². The van der Waals surface area contributed by atoms with Crippen LogP contribution in [0.3, 0.4) is 0 Å². The summed E-state index contributed by atoms with van der Waals surface area (Å²) in [6, 6.07) is 4.96. The van der Waals surface area contributed by atoms with Crippen molar-refractivity contribution in [2.45, 2.75) is 18.4 Å². The Kier molecular flexibility index (Phi) is 4.70. The third-order valence-corrected chi connectivity index (χ3v) is 5.24. The normalized spacial score (nSPS) is 13.3. The molecule has 0 saturated heterocycles. The average Bonchev–Trinajstić information content (AvgIpc) is 2.88. The zero-order chi connectivity index (χ0) is 19.8. The van der Waals surface area contributed by atoms with E-state index in [1.54, 1.807) is 26.1 Å². The van der Waals surface area contributed by atoms with Crippen LogP contribution in [0.4, 0.5) is 10.7 Å². The SMILES string of the molecule is COc1cc(C)nc(NC(=O)NS(=O)(=O)c2cccc3c2C(=O)N(C)C3)n1. The molecule has 27 heavy (non-hydrogen) atoms. The molecule has 3 rings (SSSR count). The number of anilines is 1. The summed E-state index contributed by atoms with van der Waals surface area (Å²) in [7, 11) is -1.31. The van der Waals surface area contributed by atoms with Crippen molar-refractivity contribution in [1.82, 2.24) is 19.6 Å². The van der Waals surface area contributed by atoms with E-state index in [-0.39, 0.29) is 22.3 Å². The van der Waals surface area contributed by atoms with Crippen LogP contribution in [0, 0.1) is 6.92 Å². The van der Waals surface area contributed by atoms with Gasteiger partial charge in [0.15, 0.2) is 0 Å². The Bertz CT molecular complexity index is 1040. The number of amides is 3. The Labute approximate surface area is 155 Å². The van der Waals surface area contributed by atoms with Crippen LogP contribution in [-0.4, -0.2) is 49.4 Å². The number of nitrogens with zero attached hydrogens (tertiary/aromatic N) is 3. The summed E-state index contributed by atoms with van der Waals surface area (Å²) in [5.41, 5.74) is 1.17. The van der Waals surface area contributed by atoms with Crippen LogP contribution in [0.25, 0.3) is 0 Å². The number of aromatic nitrogens is 2. The first kappa shape index (κ1) is 18.6. The number of hydrogen-bond acceptors (Lipinski definition) is 7. The van der Waals surface area contributed by atoms with Gasteiger partial charge in [0.2, 0.25) is 11.8 Å². The maximum atomic E-state index is 12.6. The minimum atomic E-state index is -4.28. The first-order chi connectivity index (χ1) is 12.7. The van der Waals surface area contributed by atoms with E-state index in [1.165, 1.54) is 24.1 Å². The quantitative estimate of drug-likeness (QED) is 0.791. The Morgan fingerprint density at radius 1 is 1.30 bits per heavy atom. The summed E-state index contributed by atoms with van der Waals surface area (Å²) in [5, 5.41) is 2.24. The molecular formula is C16H17N5O5S. The van der Waals surface area contributed by atoms with Crippen molar-refractivity contribution in [2.24, 2.45) is 0 Å². The first-order valence-corrected chi connectivity index (χ1v) is 9.30. The molecule has 0 unspecified atom stereocenters. The summed E-state index contributed by atoms with van der Waals surface area (Å²) >= 11 is 0. The molecule has 0 atom stereocenters. The standard InChI is InChI=1S/C16H17N5O5S/c1-9-7-12(26-3)18-15(17-9)19-16(23)20-27(24,25)11-6-4-5-10-8-21(2)14(22)13(10)11/h4-7H,8H2,1-3H3,(H2,17,18,19,20,23). The molecule has 1 aliphatic heterocycles. The van der Waals surface area contributed by atoms with Crippen LogP contribution in [0.2, 0.25) is 0 Å². The number of carbonyl (C=O) groups excluding carboxylic acids is 2. The number of aryl methyl sites for hydroxylation is 1. The number of rotatable bonds is 4. The molecule has 2 heterocycles. The second-order valence-corrected chi connectivity index (χ2v) is 7.54. The second kappa shape index (κ2) is 6.83. The largest absolute Gasteiger partial charge is 0.481 e. The molecule has 0 bridgehead atoms. The Morgan fingerprint density at radius 3 is 2.74 bits per heavy atom. The Hall–Kier alpha value is -3.21. The molecule has 10 nitrogen and oxygen atoms in total. The number of nitrogens with one attached hydrogen (secondary N) is 2. The molecule has 0 saturated carbocycles. The van der Waals surface area contributed by atoms with E-state index in [4.69, 9.17) is 4.74 Å². The van der Waals surface area contributed by atoms with E-state index >= 15 is 0 Å². The van der Waals surface area contributed by atoms with Gasteiger partial charge in [-0.3, -0.25) is 10.1 Å². The fraction of sp³-hybridized carbons (Fsp3) is 0.250. The fourth-order valence-electron chi connectivity index (χ4n) is 2.70. The summed E-state index contributed by atoms with van der Waals surface area (Å²) < 4.78 is 32.1. The van der Waals surface area contributed by atoms with Gasteiger partial charge in [0.05, 0.1) is 12.7 Å². The van der Waals surface area contributed by atoms with Gasteiger partial charge in [-0.1, -0.05) is 12.1 Å². The van der Waals surface area contributed by atoms with E-state index in [2.05, 4.69) is 15.3 Å². The van der Waals surface area contributed by atoms with Crippen molar-refractivity contribution in [3.05, 3.63) is 41.1 Å². The van der Waals surface area contributed by atoms with Gasteiger partial charge in [-0.2, -0.15) is 4.98 Å². The molecule has 11 heteroatoms. The number of fused-ring (bicyclic) bond motifs is 1. The highest BCUT2D eigenvalue weighted by atomic mass is 32.2. The van der Waals surface area contributed by atoms with Crippen molar-refractivity contribution in [1.29, 1.82) is 0 Å². The van der Waals surface area contributed by atoms with Gasteiger partial charge < -0.3 is 9.64 Å². The van der Waals surface area contributed by atoms with Gasteiger partial charge in [0, 0.05) is 25.4 Å². The van der Waals surface area contributed by atoms with Gasteiger partial charge in [0.1, 0.15) is 4.90 Å². The van der Waals surface area contributed by atoms with E-state index < -0.39 is 22.0 Å². The molecule has 1 aromatic carbocycles. The lowest BCUT2D eigenvalue weighted by molar-refractivity contribution is 0.0813. The lowest BCUT2D eigenvalue weighted by Gasteiger charge is -2.11. The number of carbonyl (C=O) groups is 2. The van der Waals surface area contributed by atoms with Gasteiger partial charge in [-0.15, -0.1) is 0 Å². The minimum absolute atomic E-state index is 0.0637. The minimum Gasteiger partial charge on any atom is -0.481 e.